The summed E-state index contributed by atoms with van der Waals surface area (Å²) in [5.41, 5.74) is 12.2. The van der Waals surface area contributed by atoms with E-state index in [1.54, 1.807) is 6.20 Å². The highest BCUT2D eigenvalue weighted by Crippen LogP contribution is 2.42. The summed E-state index contributed by atoms with van der Waals surface area (Å²) in [7, 11) is 0. The maximum Gasteiger partial charge on any atom is 0.0617 e. The van der Waals surface area contributed by atoms with Crippen molar-refractivity contribution in [2.45, 2.75) is 37.5 Å². The number of rotatable bonds is 5. The molecule has 2 atom stereocenters. The second kappa shape index (κ2) is 11.9. The Morgan fingerprint density at radius 2 is 1.08 bits per heavy atom. The zero-order valence-electron chi connectivity index (χ0n) is 27.8. The van der Waals surface area contributed by atoms with E-state index in [4.69, 9.17) is 0 Å². The Hall–Kier alpha value is -6.00. The van der Waals surface area contributed by atoms with E-state index in [2.05, 4.69) is 159 Å². The first-order valence-corrected chi connectivity index (χ1v) is 17.8. The van der Waals surface area contributed by atoms with Crippen molar-refractivity contribution in [3.05, 3.63) is 169 Å². The smallest absolute Gasteiger partial charge is 0.0617 e. The molecular weight excluding hydrogens is 609 g/mol. The van der Waals surface area contributed by atoms with Gasteiger partial charge in [0.2, 0.25) is 0 Å². The molecule has 0 aliphatic heterocycles. The first kappa shape index (κ1) is 29.0. The Labute approximate surface area is 291 Å². The quantitative estimate of drug-likeness (QED) is 0.187. The van der Waals surface area contributed by atoms with Gasteiger partial charge in [0.25, 0.3) is 0 Å². The summed E-state index contributed by atoms with van der Waals surface area (Å²) in [6.45, 7) is 0. The Balaban J connectivity index is 1.08. The van der Waals surface area contributed by atoms with Crippen molar-refractivity contribution in [1.82, 2.24) is 19.1 Å². The molecule has 240 valence electrons. The van der Waals surface area contributed by atoms with Crippen LogP contribution < -0.4 is 0 Å². The summed E-state index contributed by atoms with van der Waals surface area (Å²) >= 11 is 0. The van der Waals surface area contributed by atoms with Crippen molar-refractivity contribution < 1.29 is 0 Å². The molecule has 1 fully saturated rings. The highest BCUT2D eigenvalue weighted by molar-refractivity contribution is 6.11. The van der Waals surface area contributed by atoms with E-state index in [0.29, 0.717) is 11.8 Å². The van der Waals surface area contributed by atoms with Gasteiger partial charge in [-0.2, -0.15) is 0 Å². The number of benzene rings is 6. The van der Waals surface area contributed by atoms with Gasteiger partial charge in [0.15, 0.2) is 0 Å². The van der Waals surface area contributed by atoms with Gasteiger partial charge in [-0.05, 0) is 90.4 Å². The molecule has 3 aromatic heterocycles. The fourth-order valence-electron chi connectivity index (χ4n) is 8.65. The molecule has 50 heavy (non-hydrogen) atoms. The highest BCUT2D eigenvalue weighted by Gasteiger charge is 2.26. The number of hydrogen-bond acceptors (Lipinski definition) is 2. The third-order valence-corrected chi connectivity index (χ3v) is 11.0. The van der Waals surface area contributed by atoms with Gasteiger partial charge < -0.3 is 9.13 Å². The zero-order valence-corrected chi connectivity index (χ0v) is 27.8. The minimum Gasteiger partial charge on any atom is -0.309 e. The van der Waals surface area contributed by atoms with Crippen LogP contribution in [0.1, 0.15) is 48.8 Å². The van der Waals surface area contributed by atoms with Gasteiger partial charge in [-0.25, -0.2) is 0 Å². The number of aromatic nitrogens is 4. The van der Waals surface area contributed by atoms with Gasteiger partial charge >= 0.3 is 0 Å². The Morgan fingerprint density at radius 3 is 1.78 bits per heavy atom. The minimum absolute atomic E-state index is 0.459. The van der Waals surface area contributed by atoms with Crippen LogP contribution in [0.3, 0.4) is 0 Å². The van der Waals surface area contributed by atoms with E-state index >= 15 is 0 Å². The molecule has 6 aromatic carbocycles. The molecule has 1 saturated carbocycles. The second-order valence-electron chi connectivity index (χ2n) is 13.8. The molecule has 0 radical (unpaired) electrons. The molecule has 0 N–H and O–H groups in total. The summed E-state index contributed by atoms with van der Waals surface area (Å²) < 4.78 is 4.87. The summed E-state index contributed by atoms with van der Waals surface area (Å²) in [5.74, 6) is 0.961. The molecule has 4 nitrogen and oxygen atoms in total. The van der Waals surface area contributed by atoms with Gasteiger partial charge in [-0.3, -0.25) is 9.97 Å². The molecule has 1 aliphatic rings. The van der Waals surface area contributed by atoms with E-state index in [1.807, 2.05) is 12.4 Å². The van der Waals surface area contributed by atoms with Crippen molar-refractivity contribution in [1.29, 1.82) is 0 Å². The molecule has 2 unspecified atom stereocenters. The van der Waals surface area contributed by atoms with Crippen molar-refractivity contribution >= 4 is 43.6 Å². The topological polar surface area (TPSA) is 35.6 Å². The molecule has 1 aliphatic carbocycles. The minimum atomic E-state index is 0.459. The first-order valence-electron chi connectivity index (χ1n) is 17.8. The maximum absolute atomic E-state index is 4.67. The van der Waals surface area contributed by atoms with Crippen LogP contribution >= 0.6 is 0 Å². The standard InChI is InChI=1S/C46H36N4/c1-4-19-43-38(16-1)39-17-2-5-20-44(39)49(43)36-14-9-12-33(28-36)34-22-23-41-40-18-3-6-21-45(40)50(46(41)29-34)37-15-8-11-32(27-37)31-10-7-13-35(26-31)42-30-47-24-25-48-42/h1-6,8-9,11-12,14-25,27-31,35H,7,10,13,26H2. The zero-order chi connectivity index (χ0) is 33.0. The molecule has 4 heteroatoms. The fraction of sp³-hybridized carbons (Fsp3) is 0.130. The molecule has 0 spiro atoms. The number of hydrogen-bond donors (Lipinski definition) is 0. The third kappa shape index (κ3) is 4.74. The number of fused-ring (bicyclic) bond motifs is 6. The number of nitrogens with zero attached hydrogens (tertiary/aromatic N) is 4. The molecule has 10 rings (SSSR count). The Bertz CT molecular complexity index is 2630. The van der Waals surface area contributed by atoms with Crippen molar-refractivity contribution in [2.75, 3.05) is 0 Å². The lowest BCUT2D eigenvalue weighted by molar-refractivity contribution is 0.388. The SMILES string of the molecule is c1cc(-c2ccc3c4ccccc4n(-c4cccc(C5CCCC(c6cnccn6)C5)c4)c3c2)cc(-n2c3ccccc3c3ccccc32)c1. The van der Waals surface area contributed by atoms with Gasteiger partial charge in [-0.1, -0.05) is 97.4 Å². The average Bonchev–Trinajstić information content (AvgIpc) is 3.71. The average molecular weight is 645 g/mol. The summed E-state index contributed by atoms with van der Waals surface area (Å²) in [4.78, 5) is 9.04. The summed E-state index contributed by atoms with van der Waals surface area (Å²) in [5, 5.41) is 5.10. The Morgan fingerprint density at radius 1 is 0.480 bits per heavy atom. The number of para-hydroxylation sites is 3. The molecule has 9 aromatic rings. The fourth-order valence-corrected chi connectivity index (χ4v) is 8.65. The summed E-state index contributed by atoms with van der Waals surface area (Å²) in [6, 6.07) is 51.5. The second-order valence-corrected chi connectivity index (χ2v) is 13.8. The van der Waals surface area contributed by atoms with E-state index in [-0.39, 0.29) is 0 Å². The van der Waals surface area contributed by atoms with Crippen LogP contribution in [-0.4, -0.2) is 19.1 Å². The lowest BCUT2D eigenvalue weighted by Crippen LogP contribution is -2.14. The van der Waals surface area contributed by atoms with E-state index in [1.165, 1.54) is 90.9 Å². The van der Waals surface area contributed by atoms with Crippen LogP contribution in [0.2, 0.25) is 0 Å². The normalized spacial score (nSPS) is 16.5. The van der Waals surface area contributed by atoms with E-state index in [9.17, 15) is 0 Å². The van der Waals surface area contributed by atoms with Crippen molar-refractivity contribution in [3.63, 3.8) is 0 Å². The molecule has 3 heterocycles. The highest BCUT2D eigenvalue weighted by atomic mass is 15.0. The lowest BCUT2D eigenvalue weighted by Gasteiger charge is -2.29. The van der Waals surface area contributed by atoms with Crippen molar-refractivity contribution in [3.8, 4) is 22.5 Å². The molecular formula is C46H36N4. The van der Waals surface area contributed by atoms with Crippen LogP contribution in [0.4, 0.5) is 0 Å². The van der Waals surface area contributed by atoms with Crippen LogP contribution in [0.5, 0.6) is 0 Å². The van der Waals surface area contributed by atoms with Crippen LogP contribution in [-0.2, 0) is 0 Å². The lowest BCUT2D eigenvalue weighted by atomic mass is 9.77. The third-order valence-electron chi connectivity index (χ3n) is 11.0. The van der Waals surface area contributed by atoms with E-state index < -0.39 is 0 Å². The predicted molar refractivity (Wildman–Crippen MR) is 207 cm³/mol. The van der Waals surface area contributed by atoms with Crippen LogP contribution in [0, 0.1) is 0 Å². The summed E-state index contributed by atoms with van der Waals surface area (Å²) in [6.07, 6.45) is 10.3. The van der Waals surface area contributed by atoms with Gasteiger partial charge in [0.1, 0.15) is 0 Å². The largest absolute Gasteiger partial charge is 0.309 e. The van der Waals surface area contributed by atoms with Gasteiger partial charge in [0, 0.05) is 57.4 Å². The first-order chi connectivity index (χ1) is 24.8. The molecule has 0 saturated heterocycles. The van der Waals surface area contributed by atoms with E-state index in [0.717, 1.165) is 12.1 Å². The van der Waals surface area contributed by atoms with Crippen LogP contribution in [0.25, 0.3) is 66.1 Å². The maximum atomic E-state index is 4.67. The molecule has 0 amide bonds. The van der Waals surface area contributed by atoms with Gasteiger partial charge in [0.05, 0.1) is 27.8 Å². The Kier molecular flexibility index (Phi) is 6.87. The van der Waals surface area contributed by atoms with Gasteiger partial charge in [-0.15, -0.1) is 0 Å². The molecule has 0 bridgehead atoms. The van der Waals surface area contributed by atoms with Crippen LogP contribution in [0.15, 0.2) is 158 Å². The monoisotopic (exact) mass is 644 g/mol. The predicted octanol–water partition coefficient (Wildman–Crippen LogP) is 11.8. The van der Waals surface area contributed by atoms with Crippen molar-refractivity contribution in [2.24, 2.45) is 0 Å².